The second-order valence-corrected chi connectivity index (χ2v) is 6.68. The van der Waals surface area contributed by atoms with Gasteiger partial charge < -0.3 is 15.0 Å². The van der Waals surface area contributed by atoms with Crippen molar-refractivity contribution in [2.24, 2.45) is 0 Å². The molecule has 3 rings (SSSR count). The summed E-state index contributed by atoms with van der Waals surface area (Å²) in [7, 11) is 0. The molecule has 0 saturated heterocycles. The van der Waals surface area contributed by atoms with E-state index in [4.69, 9.17) is 4.74 Å². The standard InChI is InChI=1S/C21H19N3O6/c1-14-11-19(25)22-17-7-2-3-8-18(17)23(14)20(26)13-30-21(27)10-9-15-5-4-6-16(12-15)24(28)29/h2-10,12,14H,11,13H2,1H3,(H,22,25)/b10-9+/t14-/m1/s1. The molecule has 30 heavy (non-hydrogen) atoms. The Labute approximate surface area is 172 Å². The summed E-state index contributed by atoms with van der Waals surface area (Å²) in [5.41, 5.74) is 1.39. The topological polar surface area (TPSA) is 119 Å². The lowest BCUT2D eigenvalue weighted by Gasteiger charge is -2.27. The number of hydrogen-bond donors (Lipinski definition) is 1. The average Bonchev–Trinajstić information content (AvgIpc) is 2.84. The van der Waals surface area contributed by atoms with E-state index in [0.29, 0.717) is 16.9 Å². The summed E-state index contributed by atoms with van der Waals surface area (Å²) in [6, 6.07) is 12.2. The predicted molar refractivity (Wildman–Crippen MR) is 110 cm³/mol. The molecule has 0 spiro atoms. The number of nitrogens with zero attached hydrogens (tertiary/aromatic N) is 2. The Morgan fingerprint density at radius 1 is 1.27 bits per heavy atom. The number of nitrogens with one attached hydrogen (secondary N) is 1. The molecular weight excluding hydrogens is 390 g/mol. The Kier molecular flexibility index (Phi) is 6.21. The summed E-state index contributed by atoms with van der Waals surface area (Å²) in [4.78, 5) is 48.4. The van der Waals surface area contributed by atoms with Crippen molar-refractivity contribution in [1.82, 2.24) is 0 Å². The maximum Gasteiger partial charge on any atom is 0.331 e. The molecule has 0 radical (unpaired) electrons. The van der Waals surface area contributed by atoms with Crippen LogP contribution in [0, 0.1) is 10.1 Å². The first-order valence-electron chi connectivity index (χ1n) is 9.15. The highest BCUT2D eigenvalue weighted by Gasteiger charge is 2.29. The van der Waals surface area contributed by atoms with Crippen LogP contribution < -0.4 is 10.2 Å². The van der Waals surface area contributed by atoms with Gasteiger partial charge in [-0.05, 0) is 30.7 Å². The molecule has 0 fully saturated rings. The summed E-state index contributed by atoms with van der Waals surface area (Å²) in [5.74, 6) is -1.44. The third-order valence-electron chi connectivity index (χ3n) is 4.46. The number of rotatable bonds is 5. The highest BCUT2D eigenvalue weighted by Crippen LogP contribution is 2.31. The highest BCUT2D eigenvalue weighted by molar-refractivity contribution is 6.05. The minimum absolute atomic E-state index is 0.0994. The molecule has 0 aromatic heterocycles. The second kappa shape index (κ2) is 8.99. The molecular formula is C21H19N3O6. The van der Waals surface area contributed by atoms with Gasteiger partial charge in [-0.15, -0.1) is 0 Å². The smallest absolute Gasteiger partial charge is 0.331 e. The summed E-state index contributed by atoms with van der Waals surface area (Å²) in [6.45, 7) is 1.23. The Hall–Kier alpha value is -4.01. The van der Waals surface area contributed by atoms with Gasteiger partial charge in [-0.25, -0.2) is 4.79 Å². The minimum atomic E-state index is -0.764. The lowest BCUT2D eigenvalue weighted by Crippen LogP contribution is -2.41. The normalized spacial score (nSPS) is 15.8. The lowest BCUT2D eigenvalue weighted by molar-refractivity contribution is -0.384. The quantitative estimate of drug-likeness (QED) is 0.351. The summed E-state index contributed by atoms with van der Waals surface area (Å²) < 4.78 is 5.03. The van der Waals surface area contributed by atoms with Crippen molar-refractivity contribution in [3.05, 3.63) is 70.3 Å². The molecule has 1 heterocycles. The number of nitro benzene ring substituents is 1. The van der Waals surface area contributed by atoms with Crippen molar-refractivity contribution in [3.63, 3.8) is 0 Å². The van der Waals surface area contributed by atoms with E-state index in [1.165, 1.54) is 29.2 Å². The zero-order valence-electron chi connectivity index (χ0n) is 16.1. The molecule has 1 aliphatic heterocycles. The van der Waals surface area contributed by atoms with E-state index < -0.39 is 29.4 Å². The maximum atomic E-state index is 12.7. The van der Waals surface area contributed by atoms with Gasteiger partial charge in [0.15, 0.2) is 6.61 Å². The van der Waals surface area contributed by atoms with Crippen molar-refractivity contribution in [2.75, 3.05) is 16.8 Å². The lowest BCUT2D eigenvalue weighted by atomic mass is 10.1. The van der Waals surface area contributed by atoms with Crippen LogP contribution in [-0.2, 0) is 19.1 Å². The third-order valence-corrected chi connectivity index (χ3v) is 4.46. The van der Waals surface area contributed by atoms with Gasteiger partial charge in [0.2, 0.25) is 5.91 Å². The molecule has 0 saturated carbocycles. The van der Waals surface area contributed by atoms with Crippen LogP contribution in [0.2, 0.25) is 0 Å². The van der Waals surface area contributed by atoms with Crippen molar-refractivity contribution in [2.45, 2.75) is 19.4 Å². The fourth-order valence-electron chi connectivity index (χ4n) is 3.12. The predicted octanol–water partition coefficient (Wildman–Crippen LogP) is 2.92. The van der Waals surface area contributed by atoms with E-state index in [0.717, 1.165) is 6.08 Å². The first kappa shape index (κ1) is 20.7. The number of ether oxygens (including phenoxy) is 1. The van der Waals surface area contributed by atoms with Gasteiger partial charge >= 0.3 is 5.97 Å². The molecule has 154 valence electrons. The molecule has 9 heteroatoms. The summed E-state index contributed by atoms with van der Waals surface area (Å²) >= 11 is 0. The fraction of sp³-hybridized carbons (Fsp3) is 0.190. The molecule has 0 aliphatic carbocycles. The molecule has 2 aromatic rings. The van der Waals surface area contributed by atoms with Gasteiger partial charge in [-0.2, -0.15) is 0 Å². The van der Waals surface area contributed by atoms with E-state index >= 15 is 0 Å². The van der Waals surface area contributed by atoms with Gasteiger partial charge in [0, 0.05) is 30.7 Å². The van der Waals surface area contributed by atoms with Gasteiger partial charge in [-0.3, -0.25) is 19.7 Å². The molecule has 1 N–H and O–H groups in total. The SMILES string of the molecule is C[C@@H]1CC(=O)Nc2ccccc2N1C(=O)COC(=O)/C=C/c1cccc([N+](=O)[O-])c1. The van der Waals surface area contributed by atoms with Crippen LogP contribution in [0.3, 0.4) is 0 Å². The number of para-hydroxylation sites is 2. The number of nitro groups is 1. The maximum absolute atomic E-state index is 12.7. The number of carbonyl (C=O) groups excluding carboxylic acids is 3. The fourth-order valence-corrected chi connectivity index (χ4v) is 3.12. The van der Waals surface area contributed by atoms with Crippen molar-refractivity contribution in [3.8, 4) is 0 Å². The van der Waals surface area contributed by atoms with Crippen molar-refractivity contribution >= 4 is 40.9 Å². The molecule has 0 unspecified atom stereocenters. The van der Waals surface area contributed by atoms with Crippen LogP contribution >= 0.6 is 0 Å². The molecule has 1 aliphatic rings. The average molecular weight is 409 g/mol. The number of anilines is 2. The third kappa shape index (κ3) is 4.88. The molecule has 9 nitrogen and oxygen atoms in total. The van der Waals surface area contributed by atoms with E-state index in [-0.39, 0.29) is 18.0 Å². The van der Waals surface area contributed by atoms with Gasteiger partial charge in [0.05, 0.1) is 16.3 Å². The number of benzene rings is 2. The van der Waals surface area contributed by atoms with Crippen LogP contribution in [0.4, 0.5) is 17.1 Å². The van der Waals surface area contributed by atoms with E-state index in [1.54, 1.807) is 37.3 Å². The Morgan fingerprint density at radius 2 is 2.03 bits per heavy atom. The highest BCUT2D eigenvalue weighted by atomic mass is 16.6. The molecule has 2 aromatic carbocycles. The largest absolute Gasteiger partial charge is 0.452 e. The van der Waals surface area contributed by atoms with Crippen molar-refractivity contribution < 1.29 is 24.0 Å². The van der Waals surface area contributed by atoms with E-state index in [9.17, 15) is 24.5 Å². The van der Waals surface area contributed by atoms with Crippen LogP contribution in [0.25, 0.3) is 6.08 Å². The first-order chi connectivity index (χ1) is 14.3. The molecule has 2 amide bonds. The van der Waals surface area contributed by atoms with Crippen LogP contribution in [0.15, 0.2) is 54.6 Å². The number of amides is 2. The van der Waals surface area contributed by atoms with Gasteiger partial charge in [0.1, 0.15) is 0 Å². The number of hydrogen-bond acceptors (Lipinski definition) is 6. The molecule has 0 bridgehead atoms. The van der Waals surface area contributed by atoms with Gasteiger partial charge in [-0.1, -0.05) is 24.3 Å². The Balaban J connectivity index is 1.66. The molecule has 1 atom stereocenters. The Bertz CT molecular complexity index is 1030. The number of carbonyl (C=O) groups is 3. The van der Waals surface area contributed by atoms with Crippen molar-refractivity contribution in [1.29, 1.82) is 0 Å². The van der Waals surface area contributed by atoms with E-state index in [2.05, 4.69) is 5.32 Å². The van der Waals surface area contributed by atoms with E-state index in [1.807, 2.05) is 0 Å². The number of non-ortho nitro benzene ring substituents is 1. The summed E-state index contributed by atoms with van der Waals surface area (Å²) in [5, 5.41) is 13.6. The Morgan fingerprint density at radius 3 is 2.80 bits per heavy atom. The van der Waals surface area contributed by atoms with Gasteiger partial charge in [0.25, 0.3) is 11.6 Å². The number of fused-ring (bicyclic) bond motifs is 1. The monoisotopic (exact) mass is 409 g/mol. The van der Waals surface area contributed by atoms with Crippen LogP contribution in [0.1, 0.15) is 18.9 Å². The van der Waals surface area contributed by atoms with Crippen LogP contribution in [-0.4, -0.2) is 35.4 Å². The zero-order chi connectivity index (χ0) is 21.7. The minimum Gasteiger partial charge on any atom is -0.452 e. The van der Waals surface area contributed by atoms with Crippen LogP contribution in [0.5, 0.6) is 0 Å². The first-order valence-corrected chi connectivity index (χ1v) is 9.15. The summed E-state index contributed by atoms with van der Waals surface area (Å²) in [6.07, 6.45) is 2.57. The number of esters is 1. The second-order valence-electron chi connectivity index (χ2n) is 6.68. The zero-order valence-corrected chi connectivity index (χ0v) is 16.1.